The van der Waals surface area contributed by atoms with Gasteiger partial charge in [0.05, 0.1) is 0 Å². The molecule has 0 unspecified atom stereocenters. The Hall–Kier alpha value is -1.39. The topological polar surface area (TPSA) is 69.1 Å². The highest BCUT2D eigenvalue weighted by molar-refractivity contribution is 5.90. The molecule has 0 radical (unpaired) electrons. The van der Waals surface area contributed by atoms with Crippen molar-refractivity contribution in [2.45, 2.75) is 0 Å². The highest BCUT2D eigenvalue weighted by atomic mass is 19.1. The van der Waals surface area contributed by atoms with Crippen molar-refractivity contribution in [3.63, 3.8) is 0 Å². The van der Waals surface area contributed by atoms with Gasteiger partial charge in [-0.2, -0.15) is 0 Å². The summed E-state index contributed by atoms with van der Waals surface area (Å²) in [6, 6.07) is 0. The smallest absolute Gasteiger partial charge is 0.273 e. The second-order valence-electron chi connectivity index (χ2n) is 1.38. The van der Waals surface area contributed by atoms with Crippen LogP contribution in [0, 0.1) is 5.82 Å². The van der Waals surface area contributed by atoms with Crippen LogP contribution in [0.1, 0.15) is 10.5 Å². The molecule has 0 aliphatic carbocycles. The van der Waals surface area contributed by atoms with E-state index in [-0.39, 0.29) is 0 Å². The van der Waals surface area contributed by atoms with Gasteiger partial charge in [0.2, 0.25) is 5.69 Å². The molecule has 0 aromatic carbocycles. The number of carbonyl (C=O) groups excluding carboxylic acids is 1. The molecule has 0 saturated carbocycles. The summed E-state index contributed by atoms with van der Waals surface area (Å²) < 4.78 is 16.2. The Bertz CT molecular complexity index is 232. The van der Waals surface area contributed by atoms with Crippen molar-refractivity contribution in [3.05, 3.63) is 17.8 Å². The van der Waals surface area contributed by atoms with Crippen molar-refractivity contribution in [3.8, 4) is 0 Å². The Kier molecular flexibility index (Phi) is 1.18. The second-order valence-corrected chi connectivity index (χ2v) is 1.38. The van der Waals surface area contributed by atoms with Crippen LogP contribution in [-0.4, -0.2) is 11.1 Å². The van der Waals surface area contributed by atoms with Gasteiger partial charge in [-0.25, -0.2) is 4.39 Å². The standard InChI is InChI=1S/C4H3FN2O2/c5-2-1-9-7-3(2)4(6)8/h1H,(H2,6,8). The maximum atomic E-state index is 12.1. The Morgan fingerprint density at radius 3 is 2.78 bits per heavy atom. The van der Waals surface area contributed by atoms with Crippen molar-refractivity contribution in [2.75, 3.05) is 0 Å². The molecule has 0 bridgehead atoms. The Balaban J connectivity index is 3.08. The number of hydrogen-bond donors (Lipinski definition) is 1. The largest absolute Gasteiger partial charge is 0.364 e. The molecular formula is C4H3FN2O2. The lowest BCUT2D eigenvalue weighted by atomic mass is 10.4. The number of primary amides is 1. The molecule has 9 heavy (non-hydrogen) atoms. The van der Waals surface area contributed by atoms with Gasteiger partial charge in [0.1, 0.15) is 0 Å². The highest BCUT2D eigenvalue weighted by Gasteiger charge is 2.11. The van der Waals surface area contributed by atoms with E-state index in [1.54, 1.807) is 0 Å². The number of rotatable bonds is 1. The van der Waals surface area contributed by atoms with E-state index in [0.717, 1.165) is 0 Å². The third-order valence-corrected chi connectivity index (χ3v) is 0.760. The van der Waals surface area contributed by atoms with Gasteiger partial charge in [-0.05, 0) is 0 Å². The fraction of sp³-hybridized carbons (Fsp3) is 0. The fourth-order valence-electron chi connectivity index (χ4n) is 0.387. The summed E-state index contributed by atoms with van der Waals surface area (Å²) in [5.74, 6) is -1.76. The zero-order chi connectivity index (χ0) is 6.85. The summed E-state index contributed by atoms with van der Waals surface area (Å²) >= 11 is 0. The van der Waals surface area contributed by atoms with Crippen LogP contribution in [0.2, 0.25) is 0 Å². The molecule has 0 fully saturated rings. The molecular weight excluding hydrogens is 127 g/mol. The molecule has 0 aliphatic rings. The summed E-state index contributed by atoms with van der Waals surface area (Å²) in [5, 5.41) is 2.99. The number of nitrogens with two attached hydrogens (primary N) is 1. The lowest BCUT2D eigenvalue weighted by Crippen LogP contribution is -2.12. The average Bonchev–Trinajstić information content (AvgIpc) is 2.13. The fourth-order valence-corrected chi connectivity index (χ4v) is 0.387. The summed E-state index contributed by atoms with van der Waals surface area (Å²) in [4.78, 5) is 10.1. The summed E-state index contributed by atoms with van der Waals surface area (Å²) in [6.07, 6.45) is 0.708. The molecule has 0 atom stereocenters. The van der Waals surface area contributed by atoms with E-state index < -0.39 is 17.4 Å². The predicted molar refractivity (Wildman–Crippen MR) is 25.0 cm³/mol. The monoisotopic (exact) mass is 130 g/mol. The van der Waals surface area contributed by atoms with Crippen molar-refractivity contribution in [2.24, 2.45) is 5.73 Å². The first-order chi connectivity index (χ1) is 4.22. The Morgan fingerprint density at radius 2 is 2.56 bits per heavy atom. The molecule has 1 heterocycles. The third-order valence-electron chi connectivity index (χ3n) is 0.760. The first-order valence-corrected chi connectivity index (χ1v) is 2.11. The van der Waals surface area contributed by atoms with Gasteiger partial charge < -0.3 is 10.3 Å². The third kappa shape index (κ3) is 0.883. The van der Waals surface area contributed by atoms with E-state index >= 15 is 0 Å². The summed E-state index contributed by atoms with van der Waals surface area (Å²) in [6.45, 7) is 0. The first-order valence-electron chi connectivity index (χ1n) is 2.11. The van der Waals surface area contributed by atoms with Crippen molar-refractivity contribution in [1.29, 1.82) is 0 Å². The number of amides is 1. The maximum Gasteiger partial charge on any atom is 0.273 e. The van der Waals surface area contributed by atoms with Gasteiger partial charge in [0.25, 0.3) is 5.91 Å². The quantitative estimate of drug-likeness (QED) is 0.577. The predicted octanol–water partition coefficient (Wildman–Crippen LogP) is -0.0874. The minimum absolute atomic E-state index is 0.463. The molecule has 0 aliphatic heterocycles. The molecule has 0 saturated heterocycles. The average molecular weight is 130 g/mol. The SMILES string of the molecule is NC(=O)c1nocc1F. The van der Waals surface area contributed by atoms with Crippen LogP contribution in [0.5, 0.6) is 0 Å². The Labute approximate surface area is 49.4 Å². The number of hydrogen-bond acceptors (Lipinski definition) is 3. The first kappa shape index (κ1) is 5.74. The lowest BCUT2D eigenvalue weighted by Gasteiger charge is -1.80. The van der Waals surface area contributed by atoms with E-state index in [9.17, 15) is 9.18 Å². The van der Waals surface area contributed by atoms with Crippen LogP contribution >= 0.6 is 0 Å². The Morgan fingerprint density at radius 1 is 1.89 bits per heavy atom. The summed E-state index contributed by atoms with van der Waals surface area (Å²) in [7, 11) is 0. The van der Waals surface area contributed by atoms with E-state index in [1.807, 2.05) is 0 Å². The van der Waals surface area contributed by atoms with E-state index in [2.05, 4.69) is 15.4 Å². The number of carbonyl (C=O) groups is 1. The zero-order valence-electron chi connectivity index (χ0n) is 4.30. The minimum atomic E-state index is -0.929. The molecule has 4 nitrogen and oxygen atoms in total. The molecule has 2 N–H and O–H groups in total. The van der Waals surface area contributed by atoms with E-state index in [0.29, 0.717) is 6.26 Å². The molecule has 0 spiro atoms. The van der Waals surface area contributed by atoms with Crippen molar-refractivity contribution >= 4 is 5.91 Å². The molecule has 1 rings (SSSR count). The van der Waals surface area contributed by atoms with E-state index in [1.165, 1.54) is 0 Å². The molecule has 1 amide bonds. The van der Waals surface area contributed by atoms with Crippen LogP contribution in [0.3, 0.4) is 0 Å². The summed E-state index contributed by atoms with van der Waals surface area (Å²) in [5.41, 5.74) is 4.19. The number of nitrogens with zero attached hydrogens (tertiary/aromatic N) is 1. The van der Waals surface area contributed by atoms with Crippen LogP contribution in [0.25, 0.3) is 0 Å². The van der Waals surface area contributed by atoms with E-state index in [4.69, 9.17) is 0 Å². The molecule has 1 aromatic heterocycles. The number of aromatic nitrogens is 1. The van der Waals surface area contributed by atoms with Crippen LogP contribution in [0.15, 0.2) is 10.8 Å². The molecule has 1 aromatic rings. The van der Waals surface area contributed by atoms with Gasteiger partial charge in [-0.1, -0.05) is 5.16 Å². The minimum Gasteiger partial charge on any atom is -0.364 e. The van der Waals surface area contributed by atoms with Crippen LogP contribution in [-0.2, 0) is 0 Å². The second kappa shape index (κ2) is 1.85. The van der Waals surface area contributed by atoms with Gasteiger partial charge in [-0.3, -0.25) is 4.79 Å². The van der Waals surface area contributed by atoms with Gasteiger partial charge in [0.15, 0.2) is 12.1 Å². The zero-order valence-corrected chi connectivity index (χ0v) is 4.30. The van der Waals surface area contributed by atoms with Gasteiger partial charge >= 0.3 is 0 Å². The highest BCUT2D eigenvalue weighted by Crippen LogP contribution is 2.00. The van der Waals surface area contributed by atoms with Crippen molar-refractivity contribution < 1.29 is 13.7 Å². The molecule has 48 valence electrons. The van der Waals surface area contributed by atoms with Crippen molar-refractivity contribution in [1.82, 2.24) is 5.16 Å². The lowest BCUT2D eigenvalue weighted by molar-refractivity contribution is 0.0988. The van der Waals surface area contributed by atoms with Gasteiger partial charge in [0, 0.05) is 0 Å². The van der Waals surface area contributed by atoms with Gasteiger partial charge in [-0.15, -0.1) is 0 Å². The van der Waals surface area contributed by atoms with Crippen LogP contribution < -0.4 is 5.73 Å². The molecule has 5 heteroatoms. The maximum absolute atomic E-state index is 12.1. The van der Waals surface area contributed by atoms with Crippen LogP contribution in [0.4, 0.5) is 4.39 Å². The number of halogens is 1. The normalized spacial score (nSPS) is 9.44.